The Bertz CT molecular complexity index is 1270. The van der Waals surface area contributed by atoms with Crippen LogP contribution in [0.15, 0.2) is 109 Å². The van der Waals surface area contributed by atoms with Crippen LogP contribution in [0.5, 0.6) is 0 Å². The van der Waals surface area contributed by atoms with E-state index in [0.717, 1.165) is 11.1 Å². The molecule has 1 heterocycles. The summed E-state index contributed by atoms with van der Waals surface area (Å²) in [6.45, 7) is 5.66. The van der Waals surface area contributed by atoms with Gasteiger partial charge in [0.25, 0.3) is 5.79 Å². The Morgan fingerprint density at radius 3 is 2.02 bits per heavy atom. The third-order valence-corrected chi connectivity index (χ3v) is 6.53. The molecule has 9 heteroatoms. The maximum absolute atomic E-state index is 14.2. The van der Waals surface area contributed by atoms with Crippen LogP contribution in [0, 0.1) is 0 Å². The Morgan fingerprint density at radius 1 is 0.925 bits per heavy atom. The number of carbonyl (C=O) groups excluding carboxylic acids is 1. The van der Waals surface area contributed by atoms with Gasteiger partial charge in [-0.15, -0.1) is 6.58 Å². The number of hydrogen-bond donors (Lipinski definition) is 0. The van der Waals surface area contributed by atoms with Crippen LogP contribution in [-0.2, 0) is 36.9 Å². The molecule has 208 valence electrons. The lowest BCUT2D eigenvalue weighted by Gasteiger charge is -2.50. The van der Waals surface area contributed by atoms with Crippen molar-refractivity contribution in [2.75, 3.05) is 13.3 Å². The number of nitrogens with zero attached hydrogens (tertiary/aromatic N) is 3. The van der Waals surface area contributed by atoms with Crippen LogP contribution in [-0.4, -0.2) is 49.3 Å². The van der Waals surface area contributed by atoms with Crippen LogP contribution in [0.1, 0.15) is 28.4 Å². The summed E-state index contributed by atoms with van der Waals surface area (Å²) in [5.74, 6) is -2.39. The van der Waals surface area contributed by atoms with E-state index in [9.17, 15) is 4.79 Å². The zero-order valence-corrected chi connectivity index (χ0v) is 22.4. The Hall–Kier alpha value is -3.82. The van der Waals surface area contributed by atoms with E-state index in [-0.39, 0.29) is 26.6 Å². The van der Waals surface area contributed by atoms with E-state index in [2.05, 4.69) is 16.6 Å². The molecule has 0 N–H and O–H groups in total. The van der Waals surface area contributed by atoms with E-state index in [4.69, 9.17) is 29.2 Å². The topological polar surface area (TPSA) is 112 Å². The molecule has 1 aliphatic rings. The number of benzene rings is 3. The van der Waals surface area contributed by atoms with Gasteiger partial charge in [0.15, 0.2) is 0 Å². The normalized spacial score (nSPS) is 24.1. The molecular weight excluding hydrogens is 510 g/mol. The average molecular weight is 544 g/mol. The van der Waals surface area contributed by atoms with Crippen LogP contribution >= 0.6 is 0 Å². The Labute approximate surface area is 233 Å². The van der Waals surface area contributed by atoms with Gasteiger partial charge in [0.1, 0.15) is 25.0 Å². The minimum atomic E-state index is -1.94. The lowest BCUT2D eigenvalue weighted by atomic mass is 9.87. The summed E-state index contributed by atoms with van der Waals surface area (Å²) in [6.07, 6.45) is -1.80. The van der Waals surface area contributed by atoms with Gasteiger partial charge in [0.2, 0.25) is 5.78 Å². The average Bonchev–Trinajstić information content (AvgIpc) is 3.00. The summed E-state index contributed by atoms with van der Waals surface area (Å²) < 4.78 is 31.5. The van der Waals surface area contributed by atoms with E-state index in [0.29, 0.717) is 5.56 Å². The third kappa shape index (κ3) is 7.03. The molecular formula is C31H33N3O6. The first-order chi connectivity index (χ1) is 19.6. The zero-order chi connectivity index (χ0) is 28.2. The minimum absolute atomic E-state index is 0.00633. The Kier molecular flexibility index (Phi) is 10.6. The standard InChI is InChI=1S/C31H33N3O6/c1-3-19-39-31(29(35)26-17-11-6-12-18-26)30(38-22-33-34-32)28(37-21-25-15-9-5-10-16-25)27(23(2)40-31)36-20-24-13-7-4-8-14-24/h3-18,23,27-28,30H,1,19-22H2,2H3/t23-,27-,28+,30+,31+/m0/s1. The molecule has 0 aliphatic carbocycles. The van der Waals surface area contributed by atoms with Crippen molar-refractivity contribution in [1.29, 1.82) is 0 Å². The van der Waals surface area contributed by atoms with E-state index in [1.54, 1.807) is 24.3 Å². The van der Waals surface area contributed by atoms with Gasteiger partial charge in [0.05, 0.1) is 25.9 Å². The molecule has 1 aliphatic heterocycles. The second-order valence-electron chi connectivity index (χ2n) is 9.25. The fourth-order valence-corrected chi connectivity index (χ4v) is 4.69. The molecule has 9 nitrogen and oxygen atoms in total. The van der Waals surface area contributed by atoms with Crippen LogP contribution in [0.25, 0.3) is 10.4 Å². The summed E-state index contributed by atoms with van der Waals surface area (Å²) in [5, 5.41) is 3.55. The highest BCUT2D eigenvalue weighted by Crippen LogP contribution is 2.39. The van der Waals surface area contributed by atoms with Crippen LogP contribution in [0.2, 0.25) is 0 Å². The van der Waals surface area contributed by atoms with Gasteiger partial charge in [-0.2, -0.15) is 0 Å². The van der Waals surface area contributed by atoms with Gasteiger partial charge >= 0.3 is 0 Å². The number of azide groups is 1. The number of Topliss-reactive ketones (excluding diaryl/α,β-unsaturated/α-hetero) is 1. The number of ether oxygens (including phenoxy) is 5. The number of carbonyl (C=O) groups is 1. The van der Waals surface area contributed by atoms with E-state index < -0.39 is 36.0 Å². The van der Waals surface area contributed by atoms with Crippen molar-refractivity contribution >= 4 is 5.78 Å². The van der Waals surface area contributed by atoms with Crippen molar-refractivity contribution in [2.45, 2.75) is 50.3 Å². The van der Waals surface area contributed by atoms with Crippen molar-refractivity contribution in [1.82, 2.24) is 0 Å². The van der Waals surface area contributed by atoms with Crippen molar-refractivity contribution in [3.05, 3.63) is 131 Å². The highest BCUT2D eigenvalue weighted by Gasteiger charge is 2.61. The number of rotatable bonds is 14. The maximum atomic E-state index is 14.2. The van der Waals surface area contributed by atoms with Gasteiger partial charge < -0.3 is 23.7 Å². The first-order valence-corrected chi connectivity index (χ1v) is 13.0. The predicted molar refractivity (Wildman–Crippen MR) is 149 cm³/mol. The zero-order valence-electron chi connectivity index (χ0n) is 22.4. The summed E-state index contributed by atoms with van der Waals surface area (Å²) in [5.41, 5.74) is 11.2. The highest BCUT2D eigenvalue weighted by atomic mass is 16.7. The second-order valence-corrected chi connectivity index (χ2v) is 9.25. The summed E-state index contributed by atoms with van der Waals surface area (Å²) in [4.78, 5) is 17.0. The molecule has 0 spiro atoms. The molecule has 0 radical (unpaired) electrons. The summed E-state index contributed by atoms with van der Waals surface area (Å²) in [6, 6.07) is 28.0. The highest BCUT2D eigenvalue weighted by molar-refractivity contribution is 6.02. The number of ketones is 1. The summed E-state index contributed by atoms with van der Waals surface area (Å²) >= 11 is 0. The van der Waals surface area contributed by atoms with E-state index >= 15 is 0 Å². The van der Waals surface area contributed by atoms with Crippen molar-refractivity contribution < 1.29 is 28.5 Å². The largest absolute Gasteiger partial charge is 0.368 e. The molecule has 0 saturated carbocycles. The molecule has 0 amide bonds. The molecule has 3 aromatic carbocycles. The van der Waals surface area contributed by atoms with Gasteiger partial charge in [-0.25, -0.2) is 0 Å². The molecule has 0 aromatic heterocycles. The summed E-state index contributed by atoms with van der Waals surface area (Å²) in [7, 11) is 0. The van der Waals surface area contributed by atoms with Crippen molar-refractivity contribution in [3.63, 3.8) is 0 Å². The van der Waals surface area contributed by atoms with E-state index in [1.807, 2.05) is 73.7 Å². The maximum Gasteiger partial charge on any atom is 0.264 e. The monoisotopic (exact) mass is 543 g/mol. The van der Waals surface area contributed by atoms with Crippen LogP contribution < -0.4 is 0 Å². The van der Waals surface area contributed by atoms with Gasteiger partial charge in [-0.05, 0) is 23.6 Å². The SMILES string of the molecule is C=CCO[C@]1(C(=O)c2ccccc2)O[C@@H](C)[C@H](OCc2ccccc2)[C@@H](OCc2ccccc2)[C@H]1OCN=[N+]=[N-]. The van der Waals surface area contributed by atoms with Gasteiger partial charge in [-0.3, -0.25) is 4.79 Å². The molecule has 0 unspecified atom stereocenters. The number of hydrogen-bond acceptors (Lipinski definition) is 7. The molecule has 3 aromatic rings. The third-order valence-electron chi connectivity index (χ3n) is 6.53. The predicted octanol–water partition coefficient (Wildman–Crippen LogP) is 6.01. The fraction of sp³-hybridized carbons (Fsp3) is 0.323. The van der Waals surface area contributed by atoms with Crippen molar-refractivity contribution in [2.24, 2.45) is 5.11 Å². The quantitative estimate of drug-likeness (QED) is 0.0809. The molecule has 40 heavy (non-hydrogen) atoms. The second kappa shape index (κ2) is 14.5. The minimum Gasteiger partial charge on any atom is -0.368 e. The first kappa shape index (κ1) is 29.2. The Morgan fingerprint density at radius 2 is 1.48 bits per heavy atom. The molecule has 4 rings (SSSR count). The Balaban J connectivity index is 1.76. The lowest BCUT2D eigenvalue weighted by Crippen LogP contribution is -2.69. The van der Waals surface area contributed by atoms with Crippen LogP contribution in [0.3, 0.4) is 0 Å². The smallest absolute Gasteiger partial charge is 0.264 e. The molecule has 1 fully saturated rings. The molecule has 5 atom stereocenters. The lowest BCUT2D eigenvalue weighted by molar-refractivity contribution is -0.348. The fourth-order valence-electron chi connectivity index (χ4n) is 4.69. The van der Waals surface area contributed by atoms with Crippen LogP contribution in [0.4, 0.5) is 0 Å². The molecule has 1 saturated heterocycles. The first-order valence-electron chi connectivity index (χ1n) is 13.0. The van der Waals surface area contributed by atoms with Gasteiger partial charge in [0, 0.05) is 10.5 Å². The van der Waals surface area contributed by atoms with Crippen molar-refractivity contribution in [3.8, 4) is 0 Å². The van der Waals surface area contributed by atoms with E-state index in [1.165, 1.54) is 6.08 Å². The van der Waals surface area contributed by atoms with Gasteiger partial charge in [-0.1, -0.05) is 102 Å². The molecule has 0 bridgehead atoms.